The number of carbonyl (C=O) groups is 2. The van der Waals surface area contributed by atoms with Crippen molar-refractivity contribution in [2.45, 2.75) is 25.7 Å². The van der Waals surface area contributed by atoms with Gasteiger partial charge in [0, 0.05) is 38.4 Å². The average Bonchev–Trinajstić information content (AvgIpc) is 2.90. The lowest BCUT2D eigenvalue weighted by Crippen LogP contribution is -2.52. The van der Waals surface area contributed by atoms with E-state index in [1.165, 1.54) is 4.90 Å². The number of alkyl halides is 2. The molecule has 1 aliphatic carbocycles. The minimum atomic E-state index is -2.63. The van der Waals surface area contributed by atoms with Crippen LogP contribution in [0.3, 0.4) is 0 Å². The van der Waals surface area contributed by atoms with Crippen LogP contribution in [-0.4, -0.2) is 60.8 Å². The molecule has 8 heteroatoms. The Labute approximate surface area is 126 Å². The molecule has 0 aromatic carbocycles. The number of nitrogens with one attached hydrogen (secondary N) is 1. The Morgan fingerprint density at radius 1 is 1.41 bits per heavy atom. The molecule has 0 aromatic rings. The maximum Gasteiger partial charge on any atom is 0.317 e. The standard InChI is InChI=1S/C14H20F2N2O4/c1-12(4-14(15,16)5-12)6-17-11(21)18-2-9-3-22-8-13(9,7-18)10(19)20/h9H,2-8H2,1H3,(H,17,21)(H,19,20)/t9-,13-/m1/s1. The quantitative estimate of drug-likeness (QED) is 0.818. The van der Waals surface area contributed by atoms with Crippen molar-refractivity contribution >= 4 is 12.0 Å². The minimum Gasteiger partial charge on any atom is -0.481 e. The Morgan fingerprint density at radius 3 is 2.64 bits per heavy atom. The molecular formula is C14H20F2N2O4. The molecule has 2 N–H and O–H groups in total. The predicted octanol–water partition coefficient (Wildman–Crippen LogP) is 1.16. The molecule has 22 heavy (non-hydrogen) atoms. The number of urea groups is 1. The molecule has 124 valence electrons. The number of carboxylic acids is 1. The van der Waals surface area contributed by atoms with E-state index in [4.69, 9.17) is 4.74 Å². The van der Waals surface area contributed by atoms with E-state index < -0.39 is 22.7 Å². The Morgan fingerprint density at radius 2 is 2.09 bits per heavy atom. The van der Waals surface area contributed by atoms with Crippen LogP contribution in [0, 0.1) is 16.7 Å². The highest BCUT2D eigenvalue weighted by molar-refractivity contribution is 5.80. The molecule has 2 saturated heterocycles. The smallest absolute Gasteiger partial charge is 0.317 e. The van der Waals surface area contributed by atoms with Crippen LogP contribution in [0.1, 0.15) is 19.8 Å². The van der Waals surface area contributed by atoms with Gasteiger partial charge in [0.05, 0.1) is 13.2 Å². The summed E-state index contributed by atoms with van der Waals surface area (Å²) in [5.74, 6) is -3.79. The normalized spacial score (nSPS) is 34.9. The van der Waals surface area contributed by atoms with Gasteiger partial charge in [-0.1, -0.05) is 6.92 Å². The maximum atomic E-state index is 13.0. The zero-order chi connectivity index (χ0) is 16.2. The summed E-state index contributed by atoms with van der Waals surface area (Å²) >= 11 is 0. The number of amides is 2. The topological polar surface area (TPSA) is 78.9 Å². The first kappa shape index (κ1) is 15.5. The van der Waals surface area contributed by atoms with Gasteiger partial charge in [0.2, 0.25) is 5.92 Å². The molecular weight excluding hydrogens is 298 g/mol. The zero-order valence-electron chi connectivity index (χ0n) is 12.4. The average molecular weight is 318 g/mol. The highest BCUT2D eigenvalue weighted by atomic mass is 19.3. The van der Waals surface area contributed by atoms with Crippen molar-refractivity contribution in [2.24, 2.45) is 16.7 Å². The van der Waals surface area contributed by atoms with Crippen molar-refractivity contribution in [3.8, 4) is 0 Å². The van der Waals surface area contributed by atoms with Crippen LogP contribution < -0.4 is 5.32 Å². The van der Waals surface area contributed by atoms with Crippen LogP contribution in [-0.2, 0) is 9.53 Å². The van der Waals surface area contributed by atoms with E-state index in [2.05, 4.69) is 5.32 Å². The van der Waals surface area contributed by atoms with Crippen LogP contribution in [0.25, 0.3) is 0 Å². The predicted molar refractivity (Wildman–Crippen MR) is 71.6 cm³/mol. The van der Waals surface area contributed by atoms with Gasteiger partial charge < -0.3 is 20.1 Å². The third kappa shape index (κ3) is 2.43. The molecule has 2 heterocycles. The van der Waals surface area contributed by atoms with Gasteiger partial charge in [0.15, 0.2) is 0 Å². The number of nitrogens with zero attached hydrogens (tertiary/aromatic N) is 1. The van der Waals surface area contributed by atoms with Gasteiger partial charge in [0.25, 0.3) is 0 Å². The van der Waals surface area contributed by atoms with Gasteiger partial charge in [-0.3, -0.25) is 4.79 Å². The van der Waals surface area contributed by atoms with Crippen LogP contribution in [0.15, 0.2) is 0 Å². The summed E-state index contributed by atoms with van der Waals surface area (Å²) in [6.07, 6.45) is -0.453. The van der Waals surface area contributed by atoms with Gasteiger partial charge in [-0.15, -0.1) is 0 Å². The molecule has 3 aliphatic rings. The number of rotatable bonds is 3. The molecule has 2 amide bonds. The van der Waals surface area contributed by atoms with E-state index in [9.17, 15) is 23.5 Å². The van der Waals surface area contributed by atoms with Crippen molar-refractivity contribution in [1.29, 1.82) is 0 Å². The largest absolute Gasteiger partial charge is 0.481 e. The number of hydrogen-bond donors (Lipinski definition) is 2. The number of aliphatic carboxylic acids is 1. The lowest BCUT2D eigenvalue weighted by atomic mass is 9.67. The molecule has 0 unspecified atom stereocenters. The lowest BCUT2D eigenvalue weighted by molar-refractivity contribution is -0.152. The van der Waals surface area contributed by atoms with Gasteiger partial charge in [-0.25, -0.2) is 13.6 Å². The van der Waals surface area contributed by atoms with Gasteiger partial charge in [-0.2, -0.15) is 0 Å². The van der Waals surface area contributed by atoms with E-state index in [0.717, 1.165) is 0 Å². The third-order valence-electron chi connectivity index (χ3n) is 5.12. The van der Waals surface area contributed by atoms with E-state index in [0.29, 0.717) is 13.2 Å². The summed E-state index contributed by atoms with van der Waals surface area (Å²) in [6.45, 7) is 2.77. The third-order valence-corrected chi connectivity index (χ3v) is 5.12. The van der Waals surface area contributed by atoms with Crippen molar-refractivity contribution in [1.82, 2.24) is 10.2 Å². The number of fused-ring (bicyclic) bond motifs is 1. The number of ether oxygens (including phenoxy) is 1. The van der Waals surface area contributed by atoms with Crippen molar-refractivity contribution in [3.63, 3.8) is 0 Å². The fourth-order valence-electron chi connectivity index (χ4n) is 3.92. The molecule has 2 atom stereocenters. The second kappa shape index (κ2) is 4.78. The lowest BCUT2D eigenvalue weighted by Gasteiger charge is -2.45. The van der Waals surface area contributed by atoms with E-state index in [-0.39, 0.29) is 44.5 Å². The molecule has 2 aliphatic heterocycles. The van der Waals surface area contributed by atoms with Crippen LogP contribution >= 0.6 is 0 Å². The minimum absolute atomic E-state index is 0.103. The van der Waals surface area contributed by atoms with Crippen molar-refractivity contribution in [2.75, 3.05) is 32.8 Å². The molecule has 1 saturated carbocycles. The Bertz CT molecular complexity index is 505. The van der Waals surface area contributed by atoms with Crippen LogP contribution in [0.4, 0.5) is 13.6 Å². The Kier molecular flexibility index (Phi) is 3.36. The summed E-state index contributed by atoms with van der Waals surface area (Å²) in [6, 6.07) is -0.383. The monoisotopic (exact) mass is 318 g/mol. The molecule has 0 spiro atoms. The van der Waals surface area contributed by atoms with Crippen molar-refractivity contribution < 1.29 is 28.2 Å². The molecule has 3 fully saturated rings. The van der Waals surface area contributed by atoms with Crippen LogP contribution in [0.2, 0.25) is 0 Å². The summed E-state index contributed by atoms with van der Waals surface area (Å²) in [4.78, 5) is 25.1. The highest BCUT2D eigenvalue weighted by Crippen LogP contribution is 2.51. The first-order valence-electron chi connectivity index (χ1n) is 7.38. The Balaban J connectivity index is 1.55. The highest BCUT2D eigenvalue weighted by Gasteiger charge is 2.58. The maximum absolute atomic E-state index is 13.0. The van der Waals surface area contributed by atoms with Crippen LogP contribution in [0.5, 0.6) is 0 Å². The molecule has 0 bridgehead atoms. The van der Waals surface area contributed by atoms with E-state index >= 15 is 0 Å². The number of halogens is 2. The van der Waals surface area contributed by atoms with Gasteiger partial charge in [-0.05, 0) is 5.41 Å². The first-order chi connectivity index (χ1) is 10.2. The molecule has 0 aromatic heterocycles. The zero-order valence-corrected chi connectivity index (χ0v) is 12.4. The Hall–Kier alpha value is -1.44. The second-order valence-electron chi connectivity index (χ2n) is 7.23. The fraction of sp³-hybridized carbons (Fsp3) is 0.857. The first-order valence-corrected chi connectivity index (χ1v) is 7.38. The summed E-state index contributed by atoms with van der Waals surface area (Å²) in [5.41, 5.74) is -1.60. The number of hydrogen-bond acceptors (Lipinski definition) is 3. The molecule has 6 nitrogen and oxygen atoms in total. The number of likely N-dealkylation sites (tertiary alicyclic amines) is 1. The van der Waals surface area contributed by atoms with Gasteiger partial charge >= 0.3 is 12.0 Å². The summed E-state index contributed by atoms with van der Waals surface area (Å²) < 4.78 is 31.1. The van der Waals surface area contributed by atoms with Crippen molar-refractivity contribution in [3.05, 3.63) is 0 Å². The molecule has 0 radical (unpaired) electrons. The fourth-order valence-corrected chi connectivity index (χ4v) is 3.92. The van der Waals surface area contributed by atoms with E-state index in [1.54, 1.807) is 6.92 Å². The number of carboxylic acid groups (broad SMARTS) is 1. The SMILES string of the molecule is CC1(CNC(=O)N2C[C@@H]3COC[C@]3(C(=O)O)C2)CC(F)(F)C1. The van der Waals surface area contributed by atoms with E-state index in [1.807, 2.05) is 0 Å². The summed E-state index contributed by atoms with van der Waals surface area (Å²) in [7, 11) is 0. The molecule has 3 rings (SSSR count). The summed E-state index contributed by atoms with van der Waals surface area (Å²) in [5, 5.41) is 12.1. The van der Waals surface area contributed by atoms with Gasteiger partial charge in [0.1, 0.15) is 5.41 Å². The number of carbonyl (C=O) groups excluding carboxylic acids is 1. The second-order valence-corrected chi connectivity index (χ2v) is 7.23.